The van der Waals surface area contributed by atoms with Crippen LogP contribution in [0.1, 0.15) is 49.7 Å². The highest BCUT2D eigenvalue weighted by atomic mass is 16.5. The number of rotatable bonds is 7. The van der Waals surface area contributed by atoms with Gasteiger partial charge in [-0.25, -0.2) is 4.79 Å². The zero-order valence-electron chi connectivity index (χ0n) is 18.2. The molecule has 2 amide bonds. The number of hydrogen-bond donors (Lipinski definition) is 2. The number of carbonyl (C=O) groups is 3. The van der Waals surface area contributed by atoms with E-state index in [9.17, 15) is 14.4 Å². The lowest BCUT2D eigenvalue weighted by Gasteiger charge is -2.33. The monoisotopic (exact) mass is 436 g/mol. The Morgan fingerprint density at radius 3 is 2.12 bits per heavy atom. The number of benzene rings is 2. The molecule has 0 spiro atoms. The lowest BCUT2D eigenvalue weighted by atomic mass is 9.95. The van der Waals surface area contributed by atoms with Gasteiger partial charge in [0.2, 0.25) is 5.91 Å². The van der Waals surface area contributed by atoms with E-state index in [0.717, 1.165) is 35.1 Å². The molecule has 2 aliphatic carbocycles. The van der Waals surface area contributed by atoms with Gasteiger partial charge in [0.05, 0.1) is 0 Å². The highest BCUT2D eigenvalue weighted by Gasteiger charge is 2.45. The molecule has 0 aliphatic heterocycles. The fourth-order valence-corrected chi connectivity index (χ4v) is 4.99. The summed E-state index contributed by atoms with van der Waals surface area (Å²) in [5.74, 6) is -1.49. The number of nitrogens with one attached hydrogen (secondary N) is 1. The van der Waals surface area contributed by atoms with Gasteiger partial charge in [-0.3, -0.25) is 9.59 Å². The van der Waals surface area contributed by atoms with E-state index in [-0.39, 0.29) is 31.5 Å². The van der Waals surface area contributed by atoms with E-state index in [2.05, 4.69) is 17.4 Å². The normalized spacial score (nSPS) is 16.2. The van der Waals surface area contributed by atoms with Crippen LogP contribution in [0.3, 0.4) is 0 Å². The molecule has 0 saturated heterocycles. The maximum Gasteiger partial charge on any atom is 0.408 e. The molecule has 0 atom stereocenters. The van der Waals surface area contributed by atoms with Gasteiger partial charge in [-0.05, 0) is 42.0 Å². The Labute approximate surface area is 187 Å². The Bertz CT molecular complexity index is 983. The van der Waals surface area contributed by atoms with Gasteiger partial charge in [-0.15, -0.1) is 0 Å². The van der Waals surface area contributed by atoms with E-state index in [1.165, 1.54) is 4.90 Å². The Morgan fingerprint density at radius 1 is 1.03 bits per heavy atom. The van der Waals surface area contributed by atoms with Crippen LogP contribution in [0.15, 0.2) is 48.5 Å². The molecule has 2 aromatic carbocycles. The highest BCUT2D eigenvalue weighted by molar-refractivity contribution is 5.92. The van der Waals surface area contributed by atoms with E-state index in [1.54, 1.807) is 6.92 Å². The number of carbonyl (C=O) groups excluding carboxylic acids is 2. The van der Waals surface area contributed by atoms with Crippen LogP contribution >= 0.6 is 0 Å². The van der Waals surface area contributed by atoms with Crippen LogP contribution in [-0.4, -0.2) is 53.2 Å². The second-order valence-corrected chi connectivity index (χ2v) is 8.45. The minimum atomic E-state index is -1.10. The second kappa shape index (κ2) is 9.02. The second-order valence-electron chi connectivity index (χ2n) is 8.45. The van der Waals surface area contributed by atoms with Crippen molar-refractivity contribution in [2.75, 3.05) is 19.7 Å². The third-order valence-electron chi connectivity index (χ3n) is 6.55. The molecule has 2 aliphatic rings. The fraction of sp³-hybridized carbons (Fsp3) is 0.400. The topological polar surface area (TPSA) is 95.9 Å². The maximum atomic E-state index is 13.1. The molecule has 7 heteroatoms. The molecule has 0 unspecified atom stereocenters. The Hall–Kier alpha value is -3.35. The SMILES string of the molecule is CCN(CC(=O)O)C(=O)C1(NC(=O)OCC2c3ccccc3-c3ccccc32)CCCC1. The van der Waals surface area contributed by atoms with E-state index in [1.807, 2.05) is 36.4 Å². The van der Waals surface area contributed by atoms with E-state index in [0.29, 0.717) is 12.8 Å². The average molecular weight is 437 g/mol. The molecule has 4 rings (SSSR count). The molecular formula is C25H28N2O5. The van der Waals surface area contributed by atoms with E-state index in [4.69, 9.17) is 9.84 Å². The molecule has 1 fully saturated rings. The number of amides is 2. The molecule has 0 bridgehead atoms. The summed E-state index contributed by atoms with van der Waals surface area (Å²) in [4.78, 5) is 38.4. The number of likely N-dealkylation sites (N-methyl/N-ethyl adjacent to an activating group) is 1. The molecule has 7 nitrogen and oxygen atoms in total. The summed E-state index contributed by atoms with van der Waals surface area (Å²) < 4.78 is 5.63. The Morgan fingerprint density at radius 2 is 1.59 bits per heavy atom. The van der Waals surface area contributed by atoms with E-state index >= 15 is 0 Å². The fourth-order valence-electron chi connectivity index (χ4n) is 4.99. The van der Waals surface area contributed by atoms with Crippen molar-refractivity contribution < 1.29 is 24.2 Å². The van der Waals surface area contributed by atoms with Crippen molar-refractivity contribution in [2.45, 2.75) is 44.1 Å². The van der Waals surface area contributed by atoms with Crippen LogP contribution in [0.4, 0.5) is 4.79 Å². The summed E-state index contributed by atoms with van der Waals surface area (Å²) >= 11 is 0. The van der Waals surface area contributed by atoms with Crippen molar-refractivity contribution in [3.8, 4) is 11.1 Å². The number of hydrogen-bond acceptors (Lipinski definition) is 4. The van der Waals surface area contributed by atoms with Crippen molar-refractivity contribution >= 4 is 18.0 Å². The lowest BCUT2D eigenvalue weighted by molar-refractivity contribution is -0.147. The van der Waals surface area contributed by atoms with Crippen LogP contribution in [0.25, 0.3) is 11.1 Å². The molecule has 0 aromatic heterocycles. The smallest absolute Gasteiger partial charge is 0.408 e. The van der Waals surface area contributed by atoms with Crippen LogP contribution in [-0.2, 0) is 14.3 Å². The molecular weight excluding hydrogens is 408 g/mol. The van der Waals surface area contributed by atoms with Gasteiger partial charge >= 0.3 is 12.1 Å². The third kappa shape index (κ3) is 4.07. The van der Waals surface area contributed by atoms with Gasteiger partial charge in [0.15, 0.2) is 0 Å². The average Bonchev–Trinajstić information content (AvgIpc) is 3.39. The molecule has 1 saturated carbocycles. The van der Waals surface area contributed by atoms with Crippen molar-refractivity contribution in [3.63, 3.8) is 0 Å². The number of nitrogens with zero attached hydrogens (tertiary/aromatic N) is 1. The quantitative estimate of drug-likeness (QED) is 0.689. The zero-order valence-corrected chi connectivity index (χ0v) is 18.2. The van der Waals surface area contributed by atoms with Gasteiger partial charge in [-0.1, -0.05) is 61.4 Å². The molecule has 2 N–H and O–H groups in total. The largest absolute Gasteiger partial charge is 0.480 e. The van der Waals surface area contributed by atoms with Crippen LogP contribution in [0.2, 0.25) is 0 Å². The molecule has 32 heavy (non-hydrogen) atoms. The third-order valence-corrected chi connectivity index (χ3v) is 6.55. The zero-order chi connectivity index (χ0) is 22.7. The summed E-state index contributed by atoms with van der Waals surface area (Å²) in [6, 6.07) is 16.2. The summed E-state index contributed by atoms with van der Waals surface area (Å²) in [6.45, 7) is 1.77. The number of carboxylic acids is 1. The summed E-state index contributed by atoms with van der Waals surface area (Å²) in [6.07, 6.45) is 1.90. The number of carboxylic acid groups (broad SMARTS) is 1. The highest BCUT2D eigenvalue weighted by Crippen LogP contribution is 2.44. The number of fused-ring (bicyclic) bond motifs is 3. The minimum absolute atomic E-state index is 0.0671. The maximum absolute atomic E-state index is 13.1. The molecule has 168 valence electrons. The van der Waals surface area contributed by atoms with Crippen molar-refractivity contribution in [1.82, 2.24) is 10.2 Å². The minimum Gasteiger partial charge on any atom is -0.480 e. The standard InChI is InChI=1S/C25H28N2O5/c1-2-27(15-22(28)29)23(30)25(13-7-8-14-25)26-24(31)32-16-21-19-11-5-3-9-17(19)18-10-4-6-12-20(18)21/h3-6,9-12,21H,2,7-8,13-16H2,1H3,(H,26,31)(H,28,29). The Balaban J connectivity index is 1.47. The van der Waals surface area contributed by atoms with Crippen LogP contribution in [0, 0.1) is 0 Å². The van der Waals surface area contributed by atoms with Crippen molar-refractivity contribution in [2.24, 2.45) is 0 Å². The predicted octanol–water partition coefficient (Wildman–Crippen LogP) is 3.77. The first-order valence-electron chi connectivity index (χ1n) is 11.1. The number of aliphatic carboxylic acids is 1. The first-order valence-corrected chi connectivity index (χ1v) is 11.1. The van der Waals surface area contributed by atoms with Gasteiger partial charge in [0.25, 0.3) is 0 Å². The predicted molar refractivity (Wildman–Crippen MR) is 119 cm³/mol. The lowest BCUT2D eigenvalue weighted by Crippen LogP contribution is -2.59. The molecule has 0 radical (unpaired) electrons. The summed E-state index contributed by atoms with van der Waals surface area (Å²) in [7, 11) is 0. The van der Waals surface area contributed by atoms with Gasteiger partial charge in [0.1, 0.15) is 18.7 Å². The molecule has 2 aromatic rings. The van der Waals surface area contributed by atoms with Gasteiger partial charge in [-0.2, -0.15) is 0 Å². The summed E-state index contributed by atoms with van der Waals surface area (Å²) in [5, 5.41) is 11.9. The first-order chi connectivity index (χ1) is 15.4. The molecule has 0 heterocycles. The van der Waals surface area contributed by atoms with Crippen molar-refractivity contribution in [1.29, 1.82) is 0 Å². The number of ether oxygens (including phenoxy) is 1. The van der Waals surface area contributed by atoms with Crippen molar-refractivity contribution in [3.05, 3.63) is 59.7 Å². The first kappa shape index (κ1) is 21.9. The van der Waals surface area contributed by atoms with Gasteiger partial charge in [0, 0.05) is 12.5 Å². The van der Waals surface area contributed by atoms with E-state index < -0.39 is 17.6 Å². The number of alkyl carbamates (subject to hydrolysis) is 1. The van der Waals surface area contributed by atoms with Crippen LogP contribution < -0.4 is 5.32 Å². The van der Waals surface area contributed by atoms with Crippen LogP contribution in [0.5, 0.6) is 0 Å². The Kier molecular flexibility index (Phi) is 6.17. The van der Waals surface area contributed by atoms with Gasteiger partial charge < -0.3 is 20.1 Å². The summed E-state index contributed by atoms with van der Waals surface area (Å²) in [5.41, 5.74) is 3.42.